The molecule has 0 aliphatic rings. The number of aliphatic carboxylic acids is 1. The minimum atomic E-state index is -1.83. The summed E-state index contributed by atoms with van der Waals surface area (Å²) in [5, 5.41) is 41.9. The summed E-state index contributed by atoms with van der Waals surface area (Å²) in [5.74, 6) is -11.7. The summed E-state index contributed by atoms with van der Waals surface area (Å²) >= 11 is 0. The molecule has 0 fully saturated rings. The van der Waals surface area contributed by atoms with Crippen LogP contribution in [0.2, 0.25) is 0 Å². The van der Waals surface area contributed by atoms with E-state index in [9.17, 15) is 67.7 Å². The molecule has 1 heterocycles. The lowest BCUT2D eigenvalue weighted by molar-refractivity contribution is -0.141. The van der Waals surface area contributed by atoms with Crippen LogP contribution in [0.3, 0.4) is 0 Å². The Balaban J connectivity index is 3.69. The van der Waals surface area contributed by atoms with Gasteiger partial charge in [-0.25, -0.2) is 4.98 Å². The minimum absolute atomic E-state index is 0.00329. The van der Waals surface area contributed by atoms with Gasteiger partial charge in [-0.2, -0.15) is 0 Å². The van der Waals surface area contributed by atoms with Crippen LogP contribution in [0.25, 0.3) is 0 Å². The zero-order valence-corrected chi connectivity index (χ0v) is 50.2. The van der Waals surface area contributed by atoms with E-state index >= 15 is 0 Å². The van der Waals surface area contributed by atoms with Gasteiger partial charge in [-0.15, -0.1) is 0 Å². The average molecular weight is 1210 g/mol. The standard InChI is InChI=1S/C54H95N17O14/c1-9-31(8)44(71-45(77)34(56)13-10-11-17-55)53(85)70-39(21-30(6)7)51(83)68-40(22-32-24-60-27-62-32)52(84)64-35(14-12-18-61-54(58)59)46(78)66-38(20-29(4)5)50(82)67-37(19-28(2)3)49(81)65-36(15-16-42(57)74)47(79)69-41(23-43(75)76)48(80)63-33(25-72)26-73/h24-25,27-31,33-41,44,73H,9-23,26,55-56H2,1-8H3,(H2,57,74)(H,60,62)(H,63,80)(H,64,84)(H,65,81)(H,66,78)(H,67,82)(H,68,83)(H,69,79)(H,70,85)(H,71,77)(H,75,76)(H4,58,59,61)/t31-,33+,34-,35-,36-,37-,38-,39-,40-,41-,44-/m0/s1. The maximum absolute atomic E-state index is 14.6. The largest absolute Gasteiger partial charge is 0.481 e. The van der Waals surface area contributed by atoms with Gasteiger partial charge >= 0.3 is 5.97 Å². The molecule has 480 valence electrons. The van der Waals surface area contributed by atoms with E-state index in [1.807, 2.05) is 20.8 Å². The average Bonchev–Trinajstić information content (AvgIpc) is 4.08. The molecule has 11 atom stereocenters. The molecule has 0 saturated carbocycles. The van der Waals surface area contributed by atoms with Crippen LogP contribution in [-0.4, -0.2) is 178 Å². The highest BCUT2D eigenvalue weighted by atomic mass is 16.4. The second kappa shape index (κ2) is 39.7. The number of rotatable bonds is 43. The molecular weight excluding hydrogens is 1110 g/mol. The number of amides is 10. The van der Waals surface area contributed by atoms with Crippen LogP contribution >= 0.6 is 0 Å². The van der Waals surface area contributed by atoms with Crippen LogP contribution in [0.15, 0.2) is 17.5 Å². The Labute approximate surface area is 496 Å². The Hall–Kier alpha value is -7.80. The maximum atomic E-state index is 14.6. The van der Waals surface area contributed by atoms with E-state index in [-0.39, 0.29) is 75.1 Å². The third-order valence-electron chi connectivity index (χ3n) is 13.3. The van der Waals surface area contributed by atoms with E-state index in [0.29, 0.717) is 37.9 Å². The molecule has 1 aromatic heterocycles. The van der Waals surface area contributed by atoms with Gasteiger partial charge in [-0.05, 0) is 81.6 Å². The molecule has 0 aliphatic carbocycles. The number of H-pyrrole nitrogens is 1. The first-order valence-electron chi connectivity index (χ1n) is 28.7. The molecule has 0 aliphatic heterocycles. The Bertz CT molecular complexity index is 2370. The van der Waals surface area contributed by atoms with Gasteiger partial charge in [0.15, 0.2) is 5.96 Å². The van der Waals surface area contributed by atoms with Crippen LogP contribution in [0.5, 0.6) is 0 Å². The van der Waals surface area contributed by atoms with E-state index in [2.05, 4.69) is 62.8 Å². The fraction of sp³-hybridized carbons (Fsp3) is 0.704. The fourth-order valence-corrected chi connectivity index (χ4v) is 8.55. The predicted octanol–water partition coefficient (Wildman–Crippen LogP) is -4.06. The first-order chi connectivity index (χ1) is 40.0. The van der Waals surface area contributed by atoms with Gasteiger partial charge in [0.25, 0.3) is 0 Å². The second-order valence-electron chi connectivity index (χ2n) is 22.3. The number of aliphatic hydroxyl groups is 1. The summed E-state index contributed by atoms with van der Waals surface area (Å²) in [4.78, 5) is 172. The summed E-state index contributed by atoms with van der Waals surface area (Å²) in [6.07, 6.45) is 2.89. The quantitative estimate of drug-likeness (QED) is 0.0128. The molecular formula is C54H95N17O14. The zero-order valence-electron chi connectivity index (χ0n) is 50.2. The number of primary amides is 1. The number of unbranched alkanes of at least 4 members (excludes halogenated alkanes) is 1. The van der Waals surface area contributed by atoms with Crippen molar-refractivity contribution >= 4 is 77.3 Å². The predicted molar refractivity (Wildman–Crippen MR) is 312 cm³/mol. The van der Waals surface area contributed by atoms with Gasteiger partial charge in [-0.1, -0.05) is 68.2 Å². The lowest BCUT2D eigenvalue weighted by atomic mass is 9.96. The normalized spacial score (nSPS) is 15.1. The monoisotopic (exact) mass is 1210 g/mol. The minimum Gasteiger partial charge on any atom is -0.481 e. The molecule has 0 radical (unpaired) electrons. The van der Waals surface area contributed by atoms with Crippen molar-refractivity contribution in [2.45, 2.75) is 199 Å². The summed E-state index contributed by atoms with van der Waals surface area (Å²) in [6.45, 7) is 13.8. The zero-order chi connectivity index (χ0) is 64.5. The number of carbonyl (C=O) groups is 12. The van der Waals surface area contributed by atoms with E-state index in [1.54, 1.807) is 34.6 Å². The number of carboxylic acid groups (broad SMARTS) is 1. The number of nitrogens with one attached hydrogen (secondary N) is 10. The fourth-order valence-electron chi connectivity index (χ4n) is 8.55. The summed E-state index contributed by atoms with van der Waals surface area (Å²) in [7, 11) is 0. The number of carbonyl (C=O) groups excluding carboxylic acids is 11. The van der Waals surface area contributed by atoms with Gasteiger partial charge < -0.3 is 96.5 Å². The topological polar surface area (TPSA) is 525 Å². The molecule has 31 nitrogen and oxygen atoms in total. The van der Waals surface area contributed by atoms with E-state index < -0.39 is 157 Å². The Kier molecular flexibility index (Phi) is 35.1. The Morgan fingerprint density at radius 2 is 1.06 bits per heavy atom. The van der Waals surface area contributed by atoms with E-state index in [4.69, 9.17) is 28.7 Å². The molecule has 0 bridgehead atoms. The molecule has 1 rings (SSSR count). The summed E-state index contributed by atoms with van der Waals surface area (Å²) in [6, 6.07) is -13.8. The van der Waals surface area contributed by atoms with Crippen molar-refractivity contribution in [1.29, 1.82) is 0 Å². The number of aromatic nitrogens is 2. The molecule has 0 aromatic carbocycles. The van der Waals surface area contributed by atoms with Gasteiger partial charge in [0.2, 0.25) is 59.1 Å². The maximum Gasteiger partial charge on any atom is 0.305 e. The molecule has 10 amide bonds. The Morgan fingerprint density at radius 1 is 0.600 bits per heavy atom. The molecule has 85 heavy (non-hydrogen) atoms. The molecule has 31 heteroatoms. The lowest BCUT2D eigenvalue weighted by Gasteiger charge is -2.30. The van der Waals surface area contributed by atoms with Gasteiger partial charge in [0.05, 0.1) is 25.4 Å². The van der Waals surface area contributed by atoms with Crippen molar-refractivity contribution in [2.75, 3.05) is 19.7 Å². The Morgan fingerprint density at radius 3 is 1.49 bits per heavy atom. The number of nitrogens with zero attached hydrogens (tertiary/aromatic N) is 2. The van der Waals surface area contributed by atoms with Crippen molar-refractivity contribution in [3.8, 4) is 0 Å². The van der Waals surface area contributed by atoms with Crippen molar-refractivity contribution in [1.82, 2.24) is 57.8 Å². The van der Waals surface area contributed by atoms with Gasteiger partial charge in [-0.3, -0.25) is 57.7 Å². The van der Waals surface area contributed by atoms with Crippen molar-refractivity contribution in [3.63, 3.8) is 0 Å². The first-order valence-corrected chi connectivity index (χ1v) is 28.7. The van der Waals surface area contributed by atoms with Gasteiger partial charge in [0, 0.05) is 31.3 Å². The van der Waals surface area contributed by atoms with Crippen molar-refractivity contribution < 1.29 is 67.7 Å². The third-order valence-corrected chi connectivity index (χ3v) is 13.3. The molecule has 22 N–H and O–H groups in total. The molecule has 0 spiro atoms. The number of imidazole rings is 1. The summed E-state index contributed by atoms with van der Waals surface area (Å²) < 4.78 is 0. The number of aromatic amines is 1. The van der Waals surface area contributed by atoms with Crippen LogP contribution in [0.1, 0.15) is 138 Å². The van der Waals surface area contributed by atoms with Gasteiger partial charge in [0.1, 0.15) is 60.7 Å². The highest BCUT2D eigenvalue weighted by Crippen LogP contribution is 2.15. The number of carboxylic acids is 1. The number of guanidine groups is 1. The lowest BCUT2D eigenvalue weighted by Crippen LogP contribution is -2.61. The molecule has 0 saturated heterocycles. The molecule has 1 aromatic rings. The number of aliphatic imine (C=N–C) groups is 1. The number of aldehydes is 1. The van der Waals surface area contributed by atoms with Crippen molar-refractivity contribution in [3.05, 3.63) is 18.2 Å². The van der Waals surface area contributed by atoms with Crippen molar-refractivity contribution in [2.24, 2.45) is 57.3 Å². The highest BCUT2D eigenvalue weighted by molar-refractivity contribution is 5.99. The molecule has 0 unspecified atom stereocenters. The van der Waals surface area contributed by atoms with Crippen LogP contribution in [0, 0.1) is 23.7 Å². The SMILES string of the molecule is CC[C@H](C)[C@H](NC(=O)[C@@H](N)CCCCN)C(=O)N[C@@H](CC(C)C)C(=O)N[C@@H](Cc1cnc[nH]1)C(=O)N[C@@H](CCCN=C(N)N)C(=O)N[C@@H](CC(C)C)C(=O)N[C@@H](CC(C)C)C(=O)N[C@@H](CCC(N)=O)C(=O)N[C@@H](CC(=O)O)C(=O)N[C@H](C=O)CO. The summed E-state index contributed by atoms with van der Waals surface area (Å²) in [5.41, 5.74) is 28.6. The number of nitrogens with two attached hydrogens (primary N) is 5. The van der Waals surface area contributed by atoms with Crippen LogP contribution in [-0.2, 0) is 64.0 Å². The van der Waals surface area contributed by atoms with E-state index in [1.165, 1.54) is 12.5 Å². The number of hydrogen-bond donors (Lipinski definition) is 17. The number of hydrogen-bond acceptors (Lipinski definition) is 17. The first kappa shape index (κ1) is 75.2. The second-order valence-corrected chi connectivity index (χ2v) is 22.3. The van der Waals surface area contributed by atoms with Crippen LogP contribution < -0.4 is 76.5 Å². The number of aliphatic hydroxyl groups excluding tert-OH is 1. The smallest absolute Gasteiger partial charge is 0.305 e. The third kappa shape index (κ3) is 30.0. The van der Waals surface area contributed by atoms with E-state index in [0.717, 1.165) is 0 Å². The van der Waals surface area contributed by atoms with Crippen LogP contribution in [0.4, 0.5) is 0 Å². The highest BCUT2D eigenvalue weighted by Gasteiger charge is 2.37.